The molecule has 0 atom stereocenters. The number of methoxy groups -OCH3 is 1. The van der Waals surface area contributed by atoms with Crippen molar-refractivity contribution in [2.75, 3.05) is 13.7 Å². The van der Waals surface area contributed by atoms with Gasteiger partial charge in [0, 0.05) is 5.57 Å². The molecule has 1 N–H and O–H groups in total. The van der Waals surface area contributed by atoms with Crippen LogP contribution in [0.2, 0.25) is 0 Å². The fraction of sp³-hybridized carbons (Fsp3) is 0.400. The van der Waals surface area contributed by atoms with Gasteiger partial charge < -0.3 is 10.1 Å². The van der Waals surface area contributed by atoms with Crippen molar-refractivity contribution < 1.29 is 14.3 Å². The number of amides is 1. The third-order valence-corrected chi connectivity index (χ3v) is 1.93. The van der Waals surface area contributed by atoms with Crippen LogP contribution < -0.4 is 5.32 Å². The van der Waals surface area contributed by atoms with Crippen molar-refractivity contribution in [3.05, 3.63) is 23.8 Å². The number of nitrogens with one attached hydrogen (secondary N) is 1. The minimum Gasteiger partial charge on any atom is -0.468 e. The number of carbonyl (C=O) groups is 2. The minimum atomic E-state index is -0.440. The first kappa shape index (κ1) is 10.5. The molecule has 0 bridgehead atoms. The highest BCUT2D eigenvalue weighted by Gasteiger charge is 2.10. The summed E-state index contributed by atoms with van der Waals surface area (Å²) in [5.41, 5.74) is 0.705. The van der Waals surface area contributed by atoms with E-state index in [1.165, 1.54) is 7.11 Å². The Hall–Kier alpha value is -1.58. The number of allylic oxidation sites excluding steroid dienone is 3. The predicted molar refractivity (Wildman–Crippen MR) is 51.5 cm³/mol. The van der Waals surface area contributed by atoms with Crippen LogP contribution in [0.3, 0.4) is 0 Å². The molecule has 0 heterocycles. The van der Waals surface area contributed by atoms with Crippen LogP contribution in [0, 0.1) is 0 Å². The van der Waals surface area contributed by atoms with Gasteiger partial charge in [-0.2, -0.15) is 0 Å². The summed E-state index contributed by atoms with van der Waals surface area (Å²) >= 11 is 0. The number of carbonyl (C=O) groups excluding carboxylic acids is 2. The molecule has 0 radical (unpaired) electrons. The average molecular weight is 195 g/mol. The summed E-state index contributed by atoms with van der Waals surface area (Å²) in [7, 11) is 1.29. The normalized spacial score (nSPS) is 14.5. The van der Waals surface area contributed by atoms with Gasteiger partial charge in [-0.3, -0.25) is 9.59 Å². The Labute approximate surface area is 82.6 Å². The van der Waals surface area contributed by atoms with Gasteiger partial charge in [-0.1, -0.05) is 18.2 Å². The van der Waals surface area contributed by atoms with E-state index in [-0.39, 0.29) is 12.5 Å². The Morgan fingerprint density at radius 1 is 1.57 bits per heavy atom. The van der Waals surface area contributed by atoms with Gasteiger partial charge in [-0.05, 0) is 12.8 Å². The van der Waals surface area contributed by atoms with E-state index in [0.29, 0.717) is 5.57 Å². The minimum absolute atomic E-state index is 0.0730. The van der Waals surface area contributed by atoms with Gasteiger partial charge in [0.05, 0.1) is 7.11 Å². The lowest BCUT2D eigenvalue weighted by Gasteiger charge is -2.08. The smallest absolute Gasteiger partial charge is 0.325 e. The Morgan fingerprint density at radius 3 is 2.93 bits per heavy atom. The molecule has 0 aromatic rings. The molecule has 0 fully saturated rings. The van der Waals surface area contributed by atoms with Gasteiger partial charge >= 0.3 is 5.97 Å². The maximum absolute atomic E-state index is 11.4. The number of ether oxygens (including phenoxy) is 1. The predicted octanol–water partition coefficient (Wildman–Crippen LogP) is 0.552. The number of esters is 1. The molecule has 4 nitrogen and oxygen atoms in total. The van der Waals surface area contributed by atoms with Crippen molar-refractivity contribution in [3.63, 3.8) is 0 Å². The Kier molecular flexibility index (Phi) is 3.91. The molecule has 0 spiro atoms. The molecule has 1 aliphatic carbocycles. The van der Waals surface area contributed by atoms with Crippen molar-refractivity contribution in [3.8, 4) is 0 Å². The van der Waals surface area contributed by atoms with E-state index in [1.807, 2.05) is 12.2 Å². The Balaban J connectivity index is 2.38. The van der Waals surface area contributed by atoms with E-state index in [0.717, 1.165) is 12.8 Å². The highest BCUT2D eigenvalue weighted by molar-refractivity contribution is 5.95. The molecule has 1 amide bonds. The quantitative estimate of drug-likeness (QED) is 0.669. The SMILES string of the molecule is COC(=O)CNC(=O)C1=CC=CCC1. The zero-order valence-corrected chi connectivity index (χ0v) is 8.08. The van der Waals surface area contributed by atoms with Crippen LogP contribution in [0.5, 0.6) is 0 Å². The van der Waals surface area contributed by atoms with Crippen molar-refractivity contribution >= 4 is 11.9 Å². The monoisotopic (exact) mass is 195 g/mol. The first-order valence-corrected chi connectivity index (χ1v) is 4.44. The first-order chi connectivity index (χ1) is 6.74. The van der Waals surface area contributed by atoms with Crippen molar-refractivity contribution in [1.29, 1.82) is 0 Å². The third-order valence-electron chi connectivity index (χ3n) is 1.93. The molecule has 1 aliphatic rings. The molecule has 76 valence electrons. The molecule has 0 saturated carbocycles. The van der Waals surface area contributed by atoms with Gasteiger partial charge in [0.15, 0.2) is 0 Å². The van der Waals surface area contributed by atoms with Crippen molar-refractivity contribution in [2.45, 2.75) is 12.8 Å². The van der Waals surface area contributed by atoms with Gasteiger partial charge in [0.1, 0.15) is 6.54 Å². The Morgan fingerprint density at radius 2 is 2.36 bits per heavy atom. The summed E-state index contributed by atoms with van der Waals surface area (Å²) in [6, 6.07) is 0. The summed E-state index contributed by atoms with van der Waals surface area (Å²) < 4.78 is 4.40. The molecular weight excluding hydrogens is 182 g/mol. The van der Waals surface area contributed by atoms with E-state index in [1.54, 1.807) is 6.08 Å². The number of rotatable bonds is 3. The average Bonchev–Trinajstić information content (AvgIpc) is 2.26. The zero-order chi connectivity index (χ0) is 10.4. The summed E-state index contributed by atoms with van der Waals surface area (Å²) in [5.74, 6) is -0.634. The van der Waals surface area contributed by atoms with Crippen molar-refractivity contribution in [2.24, 2.45) is 0 Å². The third kappa shape index (κ3) is 3.05. The van der Waals surface area contributed by atoms with E-state index in [9.17, 15) is 9.59 Å². The largest absolute Gasteiger partial charge is 0.468 e. The summed E-state index contributed by atoms with van der Waals surface area (Å²) in [5, 5.41) is 2.49. The van der Waals surface area contributed by atoms with Crippen LogP contribution in [0.15, 0.2) is 23.8 Å². The van der Waals surface area contributed by atoms with E-state index in [4.69, 9.17) is 0 Å². The number of hydrogen-bond acceptors (Lipinski definition) is 3. The molecule has 0 saturated heterocycles. The van der Waals surface area contributed by atoms with Gasteiger partial charge in [-0.25, -0.2) is 0 Å². The summed E-state index contributed by atoms with van der Waals surface area (Å²) in [6.45, 7) is -0.0730. The lowest BCUT2D eigenvalue weighted by atomic mass is 10.0. The lowest BCUT2D eigenvalue weighted by Crippen LogP contribution is -2.31. The standard InChI is InChI=1S/C10H13NO3/c1-14-9(12)7-11-10(13)8-5-3-2-4-6-8/h2-3,5H,4,6-7H2,1H3,(H,11,13). The van der Waals surface area contributed by atoms with Crippen LogP contribution in [0.1, 0.15) is 12.8 Å². The molecule has 0 aromatic carbocycles. The van der Waals surface area contributed by atoms with Crippen LogP contribution in [0.4, 0.5) is 0 Å². The zero-order valence-electron chi connectivity index (χ0n) is 8.08. The maximum Gasteiger partial charge on any atom is 0.325 e. The van der Waals surface area contributed by atoms with Crippen LogP contribution in [0.25, 0.3) is 0 Å². The van der Waals surface area contributed by atoms with Gasteiger partial charge in [0.2, 0.25) is 5.91 Å². The first-order valence-electron chi connectivity index (χ1n) is 4.44. The van der Waals surface area contributed by atoms with Gasteiger partial charge in [-0.15, -0.1) is 0 Å². The van der Waals surface area contributed by atoms with Crippen LogP contribution >= 0.6 is 0 Å². The Bertz CT molecular complexity index is 292. The van der Waals surface area contributed by atoms with Gasteiger partial charge in [0.25, 0.3) is 0 Å². The fourth-order valence-corrected chi connectivity index (χ4v) is 1.13. The lowest BCUT2D eigenvalue weighted by molar-refractivity contribution is -0.140. The molecule has 0 aliphatic heterocycles. The summed E-state index contributed by atoms with van der Waals surface area (Å²) in [6.07, 6.45) is 7.20. The fourth-order valence-electron chi connectivity index (χ4n) is 1.13. The molecule has 1 rings (SSSR count). The van der Waals surface area contributed by atoms with E-state index >= 15 is 0 Å². The molecule has 4 heteroatoms. The highest BCUT2D eigenvalue weighted by Crippen LogP contribution is 2.11. The van der Waals surface area contributed by atoms with Crippen LogP contribution in [-0.2, 0) is 14.3 Å². The number of hydrogen-bond donors (Lipinski definition) is 1. The second kappa shape index (κ2) is 5.21. The molecule has 0 aromatic heterocycles. The molecular formula is C10H13NO3. The molecule has 0 unspecified atom stereocenters. The summed E-state index contributed by atoms with van der Waals surface area (Å²) in [4.78, 5) is 22.1. The van der Waals surface area contributed by atoms with E-state index in [2.05, 4.69) is 10.1 Å². The van der Waals surface area contributed by atoms with Crippen molar-refractivity contribution in [1.82, 2.24) is 5.32 Å². The molecule has 14 heavy (non-hydrogen) atoms. The second-order valence-corrected chi connectivity index (χ2v) is 2.92. The topological polar surface area (TPSA) is 55.4 Å². The van der Waals surface area contributed by atoms with Crippen LogP contribution in [-0.4, -0.2) is 25.5 Å². The highest BCUT2D eigenvalue weighted by atomic mass is 16.5. The maximum atomic E-state index is 11.4. The van der Waals surface area contributed by atoms with E-state index < -0.39 is 5.97 Å². The second-order valence-electron chi connectivity index (χ2n) is 2.92.